The molecule has 1 unspecified atom stereocenters. The number of pyridine rings is 3. The Bertz CT molecular complexity index is 820. The SMILES string of the molecule is Clc1ccc(N=NC(N=Nc2ccccn2)c2cccnc2)nc1. The summed E-state index contributed by atoms with van der Waals surface area (Å²) < 4.78 is 0. The molecule has 8 heteroatoms. The van der Waals surface area contributed by atoms with Crippen LogP contribution in [0.25, 0.3) is 0 Å². The molecule has 0 radical (unpaired) electrons. The van der Waals surface area contributed by atoms with E-state index in [1.165, 1.54) is 6.20 Å². The van der Waals surface area contributed by atoms with Crippen molar-refractivity contribution in [2.75, 3.05) is 0 Å². The summed E-state index contributed by atoms with van der Waals surface area (Å²) in [6, 6.07) is 12.4. The van der Waals surface area contributed by atoms with Crippen molar-refractivity contribution < 1.29 is 0 Å². The highest BCUT2D eigenvalue weighted by Crippen LogP contribution is 2.23. The van der Waals surface area contributed by atoms with E-state index in [9.17, 15) is 0 Å². The van der Waals surface area contributed by atoms with E-state index in [1.807, 2.05) is 18.2 Å². The zero-order valence-electron chi connectivity index (χ0n) is 12.4. The topological polar surface area (TPSA) is 88.1 Å². The number of hydrogen-bond acceptors (Lipinski definition) is 7. The lowest BCUT2D eigenvalue weighted by molar-refractivity contribution is 0.682. The second-order valence-electron chi connectivity index (χ2n) is 4.61. The lowest BCUT2D eigenvalue weighted by Crippen LogP contribution is -1.91. The lowest BCUT2D eigenvalue weighted by atomic mass is 10.2. The van der Waals surface area contributed by atoms with Crippen LogP contribution in [-0.2, 0) is 0 Å². The summed E-state index contributed by atoms with van der Waals surface area (Å²) in [5, 5.41) is 17.1. The highest BCUT2D eigenvalue weighted by atomic mass is 35.5. The molecule has 0 N–H and O–H groups in total. The van der Waals surface area contributed by atoms with Gasteiger partial charge in [0.15, 0.2) is 11.6 Å². The number of halogens is 1. The quantitative estimate of drug-likeness (QED) is 0.607. The lowest BCUT2D eigenvalue weighted by Gasteiger charge is -2.04. The van der Waals surface area contributed by atoms with Crippen molar-refractivity contribution >= 4 is 23.2 Å². The first-order valence-corrected chi connectivity index (χ1v) is 7.43. The number of hydrogen-bond donors (Lipinski definition) is 0. The minimum atomic E-state index is -0.641. The van der Waals surface area contributed by atoms with Crippen molar-refractivity contribution in [3.63, 3.8) is 0 Å². The van der Waals surface area contributed by atoms with Gasteiger partial charge in [0, 0.05) is 30.4 Å². The molecule has 0 fully saturated rings. The van der Waals surface area contributed by atoms with Crippen molar-refractivity contribution in [3.8, 4) is 0 Å². The smallest absolute Gasteiger partial charge is 0.208 e. The molecular formula is C16H12ClN7. The average molecular weight is 338 g/mol. The molecule has 0 aromatic carbocycles. The number of nitrogens with zero attached hydrogens (tertiary/aromatic N) is 7. The van der Waals surface area contributed by atoms with Crippen LogP contribution in [0, 0.1) is 0 Å². The molecule has 3 aromatic heterocycles. The van der Waals surface area contributed by atoms with E-state index in [1.54, 1.807) is 42.9 Å². The molecule has 3 aromatic rings. The predicted octanol–water partition coefficient (Wildman–Crippen LogP) is 5.09. The molecule has 118 valence electrons. The van der Waals surface area contributed by atoms with E-state index in [2.05, 4.69) is 35.4 Å². The molecule has 3 rings (SSSR count). The van der Waals surface area contributed by atoms with Crippen molar-refractivity contribution in [1.82, 2.24) is 15.0 Å². The Morgan fingerprint density at radius 2 is 1.62 bits per heavy atom. The van der Waals surface area contributed by atoms with Crippen LogP contribution in [0.5, 0.6) is 0 Å². The maximum Gasteiger partial charge on any atom is 0.208 e. The van der Waals surface area contributed by atoms with E-state index in [4.69, 9.17) is 11.6 Å². The maximum absolute atomic E-state index is 5.80. The highest BCUT2D eigenvalue weighted by Gasteiger charge is 2.09. The van der Waals surface area contributed by atoms with Crippen molar-refractivity contribution in [2.45, 2.75) is 6.17 Å². The Morgan fingerprint density at radius 3 is 2.25 bits per heavy atom. The van der Waals surface area contributed by atoms with Gasteiger partial charge in [0.25, 0.3) is 0 Å². The monoisotopic (exact) mass is 337 g/mol. The van der Waals surface area contributed by atoms with Gasteiger partial charge >= 0.3 is 0 Å². The molecule has 0 aliphatic rings. The number of rotatable bonds is 5. The highest BCUT2D eigenvalue weighted by molar-refractivity contribution is 6.30. The van der Waals surface area contributed by atoms with Crippen LogP contribution in [0.3, 0.4) is 0 Å². The first kappa shape index (κ1) is 15.8. The maximum atomic E-state index is 5.80. The molecule has 7 nitrogen and oxygen atoms in total. The summed E-state index contributed by atoms with van der Waals surface area (Å²) in [5.74, 6) is 0.924. The van der Waals surface area contributed by atoms with Crippen LogP contribution in [0.1, 0.15) is 11.7 Å². The second-order valence-corrected chi connectivity index (χ2v) is 5.05. The van der Waals surface area contributed by atoms with Crippen molar-refractivity contribution in [2.24, 2.45) is 20.5 Å². The third kappa shape index (κ3) is 4.47. The van der Waals surface area contributed by atoms with Crippen LogP contribution in [0.4, 0.5) is 11.6 Å². The van der Waals surface area contributed by atoms with Gasteiger partial charge in [0.1, 0.15) is 0 Å². The van der Waals surface area contributed by atoms with Gasteiger partial charge in [-0.25, -0.2) is 9.97 Å². The van der Waals surface area contributed by atoms with Gasteiger partial charge in [-0.2, -0.15) is 10.2 Å². The Labute approximate surface area is 143 Å². The van der Waals surface area contributed by atoms with E-state index in [0.29, 0.717) is 16.7 Å². The minimum absolute atomic E-state index is 0.432. The van der Waals surface area contributed by atoms with E-state index >= 15 is 0 Å². The standard InChI is InChI=1S/C16H12ClN7/c17-13-6-7-15(20-11-13)22-24-16(12-4-3-8-18-10-12)23-21-14-5-1-2-9-19-14/h1-11,16H. The molecule has 0 aliphatic carbocycles. The third-order valence-electron chi connectivity index (χ3n) is 2.88. The van der Waals surface area contributed by atoms with Crippen LogP contribution < -0.4 is 0 Å². The molecule has 3 heterocycles. The summed E-state index contributed by atoms with van der Waals surface area (Å²) in [7, 11) is 0. The van der Waals surface area contributed by atoms with Gasteiger partial charge in [0.2, 0.25) is 6.17 Å². The largest absolute Gasteiger partial charge is 0.264 e. The third-order valence-corrected chi connectivity index (χ3v) is 3.11. The molecule has 0 saturated heterocycles. The van der Waals surface area contributed by atoms with Gasteiger partial charge in [-0.15, -0.1) is 10.2 Å². The summed E-state index contributed by atoms with van der Waals surface area (Å²) in [5.41, 5.74) is 0.759. The summed E-state index contributed by atoms with van der Waals surface area (Å²) >= 11 is 5.80. The molecule has 0 bridgehead atoms. The Hall–Kier alpha value is -3.06. The first-order valence-electron chi connectivity index (χ1n) is 7.05. The fraction of sp³-hybridized carbons (Fsp3) is 0.0625. The molecular weight excluding hydrogens is 326 g/mol. The number of aromatic nitrogens is 3. The Morgan fingerprint density at radius 1 is 0.792 bits per heavy atom. The van der Waals surface area contributed by atoms with Crippen LogP contribution in [0.15, 0.2) is 87.7 Å². The Kier molecular flexibility index (Phi) is 5.26. The normalized spacial score (nSPS) is 12.7. The van der Waals surface area contributed by atoms with Gasteiger partial charge in [-0.05, 0) is 30.3 Å². The minimum Gasteiger partial charge on any atom is -0.264 e. The number of azo groups is 2. The first-order chi connectivity index (χ1) is 11.8. The van der Waals surface area contributed by atoms with Crippen LogP contribution >= 0.6 is 11.6 Å². The molecule has 1 atom stereocenters. The molecule has 24 heavy (non-hydrogen) atoms. The summed E-state index contributed by atoms with van der Waals surface area (Å²) in [4.78, 5) is 12.2. The summed E-state index contributed by atoms with van der Waals surface area (Å²) in [6.07, 6.45) is 5.85. The fourth-order valence-corrected chi connectivity index (χ4v) is 1.86. The van der Waals surface area contributed by atoms with Crippen molar-refractivity contribution in [1.29, 1.82) is 0 Å². The van der Waals surface area contributed by atoms with Gasteiger partial charge in [0.05, 0.1) is 5.02 Å². The van der Waals surface area contributed by atoms with Crippen molar-refractivity contribution in [3.05, 3.63) is 77.8 Å². The molecule has 0 aliphatic heterocycles. The van der Waals surface area contributed by atoms with Crippen LogP contribution in [0.2, 0.25) is 5.02 Å². The van der Waals surface area contributed by atoms with Gasteiger partial charge in [-0.3, -0.25) is 4.98 Å². The van der Waals surface area contributed by atoms with E-state index in [0.717, 1.165) is 5.56 Å². The second kappa shape index (κ2) is 7.98. The predicted molar refractivity (Wildman–Crippen MR) is 89.5 cm³/mol. The molecule has 0 amide bonds. The van der Waals surface area contributed by atoms with Crippen LogP contribution in [-0.4, -0.2) is 15.0 Å². The zero-order valence-corrected chi connectivity index (χ0v) is 13.2. The van der Waals surface area contributed by atoms with E-state index < -0.39 is 6.17 Å². The van der Waals surface area contributed by atoms with E-state index in [-0.39, 0.29) is 0 Å². The molecule has 0 saturated carbocycles. The molecule has 0 spiro atoms. The van der Waals surface area contributed by atoms with Gasteiger partial charge in [-0.1, -0.05) is 23.7 Å². The average Bonchev–Trinajstić information content (AvgIpc) is 2.65. The fourth-order valence-electron chi connectivity index (χ4n) is 1.75. The Balaban J connectivity index is 1.85. The van der Waals surface area contributed by atoms with Gasteiger partial charge < -0.3 is 0 Å². The zero-order chi connectivity index (χ0) is 16.6. The summed E-state index contributed by atoms with van der Waals surface area (Å²) in [6.45, 7) is 0.